The molecule has 0 radical (unpaired) electrons. The summed E-state index contributed by atoms with van der Waals surface area (Å²) in [4.78, 5) is 23.7. The van der Waals surface area contributed by atoms with Crippen molar-refractivity contribution in [3.05, 3.63) is 30.1 Å². The third kappa shape index (κ3) is 4.06. The summed E-state index contributed by atoms with van der Waals surface area (Å²) in [7, 11) is -4.86. The molecule has 1 aromatic rings. The number of hydrogen-bond donors (Lipinski definition) is 3. The largest absolute Gasteiger partial charge is 0.444 e. The van der Waals surface area contributed by atoms with E-state index in [0.29, 0.717) is 0 Å². The van der Waals surface area contributed by atoms with Gasteiger partial charge >= 0.3 is 16.4 Å². The first kappa shape index (κ1) is 19.1. The Labute approximate surface area is 143 Å². The molecule has 0 saturated carbocycles. The number of anilines is 1. The van der Waals surface area contributed by atoms with Gasteiger partial charge in [-0.05, 0) is 38.1 Å². The van der Waals surface area contributed by atoms with Gasteiger partial charge in [0, 0.05) is 5.69 Å². The average molecular weight is 376 g/mol. The zero-order valence-electron chi connectivity index (χ0n) is 13.3. The summed E-state index contributed by atoms with van der Waals surface area (Å²) in [6.45, 7) is 2.59. The number of benzene rings is 1. The molecule has 1 heterocycles. The lowest BCUT2D eigenvalue weighted by Gasteiger charge is -2.47. The number of nitrogens with zero attached hydrogens (tertiary/aromatic N) is 1. The van der Waals surface area contributed by atoms with Crippen LogP contribution >= 0.6 is 0 Å². The Morgan fingerprint density at radius 2 is 1.88 bits per heavy atom. The SMILES string of the molecule is C[C@H](OC(=O)Nc1ccc(F)cc1)[C@@H]1[C@@H]([C@@H](C)O)C(=O)N1S(=O)(=O)O. The third-order valence-electron chi connectivity index (χ3n) is 3.77. The number of halogens is 1. The van der Waals surface area contributed by atoms with Crippen molar-refractivity contribution in [1.29, 1.82) is 0 Å². The second kappa shape index (κ2) is 6.94. The summed E-state index contributed by atoms with van der Waals surface area (Å²) in [6.07, 6.45) is -3.33. The van der Waals surface area contributed by atoms with Crippen molar-refractivity contribution in [2.45, 2.75) is 32.1 Å². The van der Waals surface area contributed by atoms with Gasteiger partial charge in [0.2, 0.25) is 5.91 Å². The Morgan fingerprint density at radius 1 is 1.32 bits per heavy atom. The monoisotopic (exact) mass is 376 g/mol. The van der Waals surface area contributed by atoms with Crippen LogP contribution in [0.4, 0.5) is 14.9 Å². The number of aliphatic hydroxyl groups is 1. The molecule has 0 aromatic heterocycles. The lowest BCUT2D eigenvalue weighted by Crippen LogP contribution is -2.69. The minimum atomic E-state index is -4.86. The first-order chi connectivity index (χ1) is 11.5. The highest BCUT2D eigenvalue weighted by molar-refractivity contribution is 7.84. The van der Waals surface area contributed by atoms with E-state index in [4.69, 9.17) is 9.29 Å². The van der Waals surface area contributed by atoms with Crippen LogP contribution in [0.2, 0.25) is 0 Å². The molecule has 0 aliphatic carbocycles. The van der Waals surface area contributed by atoms with Crippen molar-refractivity contribution in [3.63, 3.8) is 0 Å². The topological polar surface area (TPSA) is 133 Å². The van der Waals surface area contributed by atoms with Crippen molar-refractivity contribution < 1.29 is 36.8 Å². The summed E-state index contributed by atoms with van der Waals surface area (Å²) < 4.78 is 49.7. The van der Waals surface area contributed by atoms with Crippen LogP contribution in [0.3, 0.4) is 0 Å². The van der Waals surface area contributed by atoms with Crippen molar-refractivity contribution in [3.8, 4) is 0 Å². The molecule has 2 rings (SSSR count). The standard InChI is InChI=1S/C14H17FN2O7S/c1-7(18)11-12(17(13(11)19)25(21,22)23)8(2)24-14(20)16-10-5-3-9(15)4-6-10/h3-8,11-12,18H,1-2H3,(H,16,20)(H,21,22,23)/t7-,8+,11-,12-/m1/s1. The normalized spacial score (nSPS) is 22.8. The lowest BCUT2D eigenvalue weighted by molar-refractivity contribution is -0.160. The van der Waals surface area contributed by atoms with Gasteiger partial charge in [-0.3, -0.25) is 14.7 Å². The highest BCUT2D eigenvalue weighted by Crippen LogP contribution is 2.35. The maximum Gasteiger partial charge on any atom is 0.411 e. The van der Waals surface area contributed by atoms with E-state index in [1.807, 2.05) is 0 Å². The summed E-state index contributed by atoms with van der Waals surface area (Å²) in [5.41, 5.74) is 0.238. The Hall–Kier alpha value is -2.24. The van der Waals surface area contributed by atoms with Crippen LogP contribution in [-0.4, -0.2) is 52.6 Å². The van der Waals surface area contributed by atoms with E-state index in [-0.39, 0.29) is 9.99 Å². The Balaban J connectivity index is 2.08. The van der Waals surface area contributed by atoms with E-state index in [1.165, 1.54) is 26.0 Å². The van der Waals surface area contributed by atoms with E-state index in [9.17, 15) is 27.5 Å². The third-order valence-corrected chi connectivity index (χ3v) is 4.69. The smallest absolute Gasteiger partial charge is 0.411 e. The predicted octanol–water partition coefficient (Wildman–Crippen LogP) is 0.773. The number of aliphatic hydroxyl groups excluding tert-OH is 1. The van der Waals surface area contributed by atoms with E-state index < -0.39 is 52.3 Å². The number of carbonyl (C=O) groups excluding carboxylic acids is 2. The fourth-order valence-corrected chi connectivity index (χ4v) is 3.62. The molecule has 4 atom stereocenters. The van der Waals surface area contributed by atoms with Crippen LogP contribution in [0.25, 0.3) is 0 Å². The molecule has 1 aliphatic heterocycles. The van der Waals surface area contributed by atoms with Crippen LogP contribution in [0.5, 0.6) is 0 Å². The number of hydrogen-bond acceptors (Lipinski definition) is 6. The minimum absolute atomic E-state index is 0.167. The molecule has 0 spiro atoms. The van der Waals surface area contributed by atoms with Crippen LogP contribution < -0.4 is 5.32 Å². The van der Waals surface area contributed by atoms with Crippen molar-refractivity contribution in [2.75, 3.05) is 5.32 Å². The van der Waals surface area contributed by atoms with Gasteiger partial charge in [-0.15, -0.1) is 0 Å². The molecule has 1 aromatic carbocycles. The van der Waals surface area contributed by atoms with Crippen LogP contribution in [0.15, 0.2) is 24.3 Å². The predicted molar refractivity (Wildman–Crippen MR) is 83.3 cm³/mol. The second-order valence-corrected chi connectivity index (χ2v) is 6.90. The molecule has 3 N–H and O–H groups in total. The molecule has 1 saturated heterocycles. The average Bonchev–Trinajstić information content (AvgIpc) is 2.44. The van der Waals surface area contributed by atoms with E-state index in [1.54, 1.807) is 0 Å². The summed E-state index contributed by atoms with van der Waals surface area (Å²) in [5.74, 6) is -2.63. The maximum atomic E-state index is 12.8. The molecule has 0 unspecified atom stereocenters. The van der Waals surface area contributed by atoms with Gasteiger partial charge in [0.15, 0.2) is 0 Å². The Bertz CT molecular complexity index is 766. The molecular formula is C14H17FN2O7S. The fourth-order valence-electron chi connectivity index (χ4n) is 2.66. The number of rotatable bonds is 5. The van der Waals surface area contributed by atoms with E-state index in [2.05, 4.69) is 5.32 Å². The first-order valence-corrected chi connectivity index (χ1v) is 8.64. The highest BCUT2D eigenvalue weighted by atomic mass is 32.2. The van der Waals surface area contributed by atoms with Gasteiger partial charge in [0.05, 0.1) is 12.0 Å². The molecular weight excluding hydrogens is 359 g/mol. The Kier molecular flexibility index (Phi) is 5.30. The summed E-state index contributed by atoms with van der Waals surface area (Å²) in [5, 5.41) is 11.9. The van der Waals surface area contributed by atoms with E-state index in [0.717, 1.165) is 12.1 Å². The Morgan fingerprint density at radius 3 is 2.36 bits per heavy atom. The fraction of sp³-hybridized carbons (Fsp3) is 0.429. The van der Waals surface area contributed by atoms with Gasteiger partial charge < -0.3 is 9.84 Å². The van der Waals surface area contributed by atoms with E-state index >= 15 is 0 Å². The van der Waals surface area contributed by atoms with Crippen LogP contribution in [0, 0.1) is 11.7 Å². The molecule has 1 fully saturated rings. The van der Waals surface area contributed by atoms with Crippen molar-refractivity contribution in [2.24, 2.45) is 5.92 Å². The van der Waals surface area contributed by atoms with Gasteiger partial charge in [0.25, 0.3) is 0 Å². The first-order valence-electron chi connectivity index (χ1n) is 7.24. The maximum absolute atomic E-state index is 12.8. The molecule has 9 nitrogen and oxygen atoms in total. The molecule has 11 heteroatoms. The van der Waals surface area contributed by atoms with Gasteiger partial charge in [-0.2, -0.15) is 8.42 Å². The minimum Gasteiger partial charge on any atom is -0.444 e. The van der Waals surface area contributed by atoms with Gasteiger partial charge in [0.1, 0.15) is 18.0 Å². The van der Waals surface area contributed by atoms with Gasteiger partial charge in [-0.25, -0.2) is 13.5 Å². The second-order valence-electron chi connectivity index (χ2n) is 5.61. The van der Waals surface area contributed by atoms with Crippen molar-refractivity contribution >= 4 is 28.0 Å². The summed E-state index contributed by atoms with van der Waals surface area (Å²) in [6, 6.07) is 3.57. The highest BCUT2D eigenvalue weighted by Gasteiger charge is 2.58. The molecule has 1 aliphatic rings. The zero-order valence-corrected chi connectivity index (χ0v) is 14.1. The number of β-lactam (4-membered cyclic amide) rings is 1. The molecule has 2 amide bonds. The number of amides is 2. The number of ether oxygens (including phenoxy) is 1. The molecule has 138 valence electrons. The number of nitrogens with one attached hydrogen (secondary N) is 1. The molecule has 0 bridgehead atoms. The quantitative estimate of drug-likeness (QED) is 0.511. The number of carbonyl (C=O) groups is 2. The lowest BCUT2D eigenvalue weighted by atomic mass is 9.83. The van der Waals surface area contributed by atoms with Crippen LogP contribution in [0.1, 0.15) is 13.8 Å². The van der Waals surface area contributed by atoms with Crippen molar-refractivity contribution in [1.82, 2.24) is 4.31 Å². The zero-order chi connectivity index (χ0) is 18.9. The van der Waals surface area contributed by atoms with Gasteiger partial charge in [-0.1, -0.05) is 0 Å². The summed E-state index contributed by atoms with van der Waals surface area (Å²) >= 11 is 0. The van der Waals surface area contributed by atoms with Crippen LogP contribution in [-0.2, 0) is 19.8 Å². The molecule has 25 heavy (non-hydrogen) atoms.